The van der Waals surface area contributed by atoms with E-state index in [-0.39, 0.29) is 6.61 Å². The van der Waals surface area contributed by atoms with Crippen LogP contribution >= 0.6 is 0 Å². The maximum absolute atomic E-state index is 9.12. The fourth-order valence-electron chi connectivity index (χ4n) is 2.24. The first-order valence-corrected chi connectivity index (χ1v) is 5.92. The zero-order valence-corrected chi connectivity index (χ0v) is 10.2. The first kappa shape index (κ1) is 11.0. The second kappa shape index (κ2) is 4.31. The average Bonchev–Trinajstić information content (AvgIpc) is 2.96. The molecule has 0 atom stereocenters. The number of nitrogens with zero attached hydrogens (tertiary/aromatic N) is 3. The molecule has 0 aliphatic heterocycles. The lowest BCUT2D eigenvalue weighted by Crippen LogP contribution is -1.96. The van der Waals surface area contributed by atoms with Gasteiger partial charge in [0.1, 0.15) is 0 Å². The van der Waals surface area contributed by atoms with Crippen molar-refractivity contribution in [2.24, 2.45) is 7.05 Å². The fraction of sp³-hybridized carbons (Fsp3) is 0.214. The third kappa shape index (κ3) is 1.91. The fourth-order valence-corrected chi connectivity index (χ4v) is 2.24. The quantitative estimate of drug-likeness (QED) is 0.761. The van der Waals surface area contributed by atoms with Gasteiger partial charge in [-0.15, -0.1) is 0 Å². The van der Waals surface area contributed by atoms with Crippen LogP contribution in [-0.4, -0.2) is 19.5 Å². The van der Waals surface area contributed by atoms with E-state index in [4.69, 9.17) is 5.11 Å². The summed E-state index contributed by atoms with van der Waals surface area (Å²) in [6.07, 6.45) is 5.97. The van der Waals surface area contributed by atoms with E-state index < -0.39 is 0 Å². The van der Waals surface area contributed by atoms with Gasteiger partial charge in [-0.25, -0.2) is 0 Å². The Kier molecular flexibility index (Phi) is 2.64. The molecule has 1 N–H and O–H groups in total. The minimum Gasteiger partial charge on any atom is -0.392 e. The van der Waals surface area contributed by atoms with Crippen LogP contribution in [0.1, 0.15) is 11.1 Å². The molecule has 0 spiro atoms. The van der Waals surface area contributed by atoms with Crippen LogP contribution in [0.5, 0.6) is 0 Å². The molecule has 92 valence electrons. The van der Waals surface area contributed by atoms with Crippen LogP contribution in [0, 0.1) is 0 Å². The van der Waals surface area contributed by atoms with Gasteiger partial charge in [0.05, 0.1) is 19.3 Å². The van der Waals surface area contributed by atoms with Crippen molar-refractivity contribution in [3.05, 3.63) is 54.0 Å². The second-order valence-corrected chi connectivity index (χ2v) is 4.52. The molecule has 4 nitrogen and oxygen atoms in total. The zero-order chi connectivity index (χ0) is 12.5. The number of benzene rings is 1. The van der Waals surface area contributed by atoms with E-state index in [1.165, 1.54) is 11.1 Å². The normalized spacial score (nSPS) is 11.2. The molecule has 2 heterocycles. The molecule has 18 heavy (non-hydrogen) atoms. The molecule has 0 saturated carbocycles. The van der Waals surface area contributed by atoms with Crippen molar-refractivity contribution in [1.82, 2.24) is 14.3 Å². The number of aliphatic hydroxyl groups is 1. The molecule has 1 aromatic carbocycles. The summed E-state index contributed by atoms with van der Waals surface area (Å²) in [6, 6.07) is 8.11. The molecular weight excluding hydrogens is 226 g/mol. The van der Waals surface area contributed by atoms with Crippen LogP contribution in [-0.2, 0) is 20.2 Å². The van der Waals surface area contributed by atoms with Gasteiger partial charge in [-0.2, -0.15) is 5.10 Å². The number of hydrogen-bond donors (Lipinski definition) is 1. The van der Waals surface area contributed by atoms with Gasteiger partial charge in [0.2, 0.25) is 0 Å². The van der Waals surface area contributed by atoms with E-state index in [9.17, 15) is 0 Å². The lowest BCUT2D eigenvalue weighted by molar-refractivity contribution is 0.282. The third-order valence-corrected chi connectivity index (χ3v) is 3.13. The van der Waals surface area contributed by atoms with Crippen LogP contribution in [0.3, 0.4) is 0 Å². The highest BCUT2D eigenvalue weighted by Crippen LogP contribution is 2.19. The molecule has 2 aromatic heterocycles. The van der Waals surface area contributed by atoms with Gasteiger partial charge in [0, 0.05) is 30.5 Å². The minimum atomic E-state index is 0.0870. The largest absolute Gasteiger partial charge is 0.392 e. The number of aliphatic hydroxyl groups excluding tert-OH is 1. The summed E-state index contributed by atoms with van der Waals surface area (Å²) in [7, 11) is 1.92. The van der Waals surface area contributed by atoms with Crippen LogP contribution in [0.4, 0.5) is 0 Å². The zero-order valence-electron chi connectivity index (χ0n) is 10.2. The molecule has 0 amide bonds. The van der Waals surface area contributed by atoms with Crippen molar-refractivity contribution in [2.45, 2.75) is 13.2 Å². The van der Waals surface area contributed by atoms with Gasteiger partial charge in [-0.1, -0.05) is 6.07 Å². The van der Waals surface area contributed by atoms with Gasteiger partial charge in [-0.3, -0.25) is 4.68 Å². The summed E-state index contributed by atoms with van der Waals surface area (Å²) >= 11 is 0. The highest BCUT2D eigenvalue weighted by molar-refractivity contribution is 5.80. The van der Waals surface area contributed by atoms with Crippen molar-refractivity contribution in [3.8, 4) is 0 Å². The van der Waals surface area contributed by atoms with Crippen LogP contribution in [0.25, 0.3) is 10.9 Å². The van der Waals surface area contributed by atoms with Gasteiger partial charge < -0.3 is 9.67 Å². The number of rotatable bonds is 3. The van der Waals surface area contributed by atoms with Crippen LogP contribution in [0.15, 0.2) is 42.9 Å². The lowest BCUT2D eigenvalue weighted by atomic mass is 10.2. The Morgan fingerprint density at radius 2 is 2.11 bits per heavy atom. The Hall–Kier alpha value is -2.07. The number of hydrogen-bond acceptors (Lipinski definition) is 2. The summed E-state index contributed by atoms with van der Waals surface area (Å²) in [5.41, 5.74) is 3.30. The van der Waals surface area contributed by atoms with E-state index in [1.54, 1.807) is 0 Å². The van der Waals surface area contributed by atoms with Crippen molar-refractivity contribution in [3.63, 3.8) is 0 Å². The number of fused-ring (bicyclic) bond motifs is 1. The smallest absolute Gasteiger partial charge is 0.0682 e. The predicted molar refractivity (Wildman–Crippen MR) is 70.2 cm³/mol. The molecular formula is C14H15N3O. The topological polar surface area (TPSA) is 43.0 Å². The minimum absolute atomic E-state index is 0.0870. The van der Waals surface area contributed by atoms with Crippen molar-refractivity contribution in [2.75, 3.05) is 0 Å². The van der Waals surface area contributed by atoms with E-state index >= 15 is 0 Å². The highest BCUT2D eigenvalue weighted by Gasteiger charge is 2.04. The predicted octanol–water partition coefficient (Wildman–Crippen LogP) is 1.92. The summed E-state index contributed by atoms with van der Waals surface area (Å²) < 4.78 is 4.00. The number of aromatic nitrogens is 3. The second-order valence-electron chi connectivity index (χ2n) is 4.52. The summed E-state index contributed by atoms with van der Waals surface area (Å²) in [5.74, 6) is 0. The molecule has 0 aliphatic carbocycles. The molecule has 0 aliphatic rings. The Labute approximate surface area is 105 Å². The maximum atomic E-state index is 9.12. The summed E-state index contributed by atoms with van der Waals surface area (Å²) in [4.78, 5) is 0. The standard InChI is InChI=1S/C14H15N3O/c1-16-8-12(7-15-16)9-17-5-4-13-6-11(10-18)2-3-14(13)17/h2-8,18H,9-10H2,1H3. The van der Waals surface area contributed by atoms with Crippen molar-refractivity contribution in [1.29, 1.82) is 0 Å². The Bertz CT molecular complexity index is 681. The maximum Gasteiger partial charge on any atom is 0.0682 e. The Balaban J connectivity index is 1.97. The van der Waals surface area contributed by atoms with Crippen LogP contribution < -0.4 is 0 Å². The third-order valence-electron chi connectivity index (χ3n) is 3.13. The Morgan fingerprint density at radius 3 is 2.83 bits per heavy atom. The Morgan fingerprint density at radius 1 is 1.22 bits per heavy atom. The first-order chi connectivity index (χ1) is 8.76. The van der Waals surface area contributed by atoms with Crippen molar-refractivity contribution >= 4 is 10.9 Å². The molecule has 0 saturated heterocycles. The summed E-state index contributed by atoms with van der Waals surface area (Å²) in [5, 5.41) is 14.5. The average molecular weight is 241 g/mol. The van der Waals surface area contributed by atoms with Gasteiger partial charge in [0.15, 0.2) is 0 Å². The van der Waals surface area contributed by atoms with Gasteiger partial charge in [-0.05, 0) is 29.1 Å². The molecule has 3 aromatic rings. The molecule has 0 unspecified atom stereocenters. The van der Waals surface area contributed by atoms with E-state index in [1.807, 2.05) is 36.3 Å². The first-order valence-electron chi connectivity index (χ1n) is 5.92. The van der Waals surface area contributed by atoms with E-state index in [0.717, 1.165) is 17.5 Å². The van der Waals surface area contributed by atoms with E-state index in [2.05, 4.69) is 28.0 Å². The molecule has 3 rings (SSSR count). The molecule has 0 radical (unpaired) electrons. The van der Waals surface area contributed by atoms with Gasteiger partial charge >= 0.3 is 0 Å². The molecule has 0 fully saturated rings. The summed E-state index contributed by atoms with van der Waals surface area (Å²) in [6.45, 7) is 0.902. The van der Waals surface area contributed by atoms with Gasteiger partial charge in [0.25, 0.3) is 0 Å². The van der Waals surface area contributed by atoms with Crippen molar-refractivity contribution < 1.29 is 5.11 Å². The van der Waals surface area contributed by atoms with Crippen LogP contribution in [0.2, 0.25) is 0 Å². The SMILES string of the molecule is Cn1cc(Cn2ccc3cc(CO)ccc32)cn1. The number of aryl methyl sites for hydroxylation is 1. The van der Waals surface area contributed by atoms with E-state index in [0.29, 0.717) is 0 Å². The monoisotopic (exact) mass is 241 g/mol. The lowest BCUT2D eigenvalue weighted by Gasteiger charge is -2.04. The molecule has 0 bridgehead atoms. The molecule has 4 heteroatoms. The highest BCUT2D eigenvalue weighted by atomic mass is 16.3.